The molecule has 2 saturated heterocycles. The van der Waals surface area contributed by atoms with Crippen LogP contribution in [-0.4, -0.2) is 83.9 Å². The number of nitrogens with one attached hydrogen (secondary N) is 1. The molecule has 0 aliphatic carbocycles. The summed E-state index contributed by atoms with van der Waals surface area (Å²) in [7, 11) is 1.64. The largest absolute Gasteiger partial charge is 0.383 e. The predicted molar refractivity (Wildman–Crippen MR) is 106 cm³/mol. The third kappa shape index (κ3) is 5.11. The monoisotopic (exact) mass is 391 g/mol. The van der Waals surface area contributed by atoms with Crippen molar-refractivity contribution in [3.8, 4) is 0 Å². The van der Waals surface area contributed by atoms with Crippen molar-refractivity contribution in [1.82, 2.24) is 24.9 Å². The maximum atomic E-state index is 12.7. The van der Waals surface area contributed by atoms with Crippen LogP contribution in [-0.2, 0) is 16.1 Å². The van der Waals surface area contributed by atoms with Gasteiger partial charge in [-0.1, -0.05) is 0 Å². The second-order valence-corrected chi connectivity index (χ2v) is 7.73. The summed E-state index contributed by atoms with van der Waals surface area (Å²) in [5, 5.41) is 7.18. The number of likely N-dealkylation sites (tertiary alicyclic amines) is 2. The Morgan fingerprint density at radius 3 is 2.71 bits per heavy atom. The van der Waals surface area contributed by atoms with Crippen molar-refractivity contribution in [2.24, 2.45) is 5.92 Å². The van der Waals surface area contributed by atoms with Crippen LogP contribution in [0.2, 0.25) is 0 Å². The molecule has 2 fully saturated rings. The lowest BCUT2D eigenvalue weighted by Gasteiger charge is -2.42. The first-order valence-corrected chi connectivity index (χ1v) is 10.4. The maximum absolute atomic E-state index is 12.7. The Kier molecular flexibility index (Phi) is 7.44. The fourth-order valence-corrected chi connectivity index (χ4v) is 4.24. The summed E-state index contributed by atoms with van der Waals surface area (Å²) in [6.45, 7) is 7.29. The number of amides is 2. The second kappa shape index (κ2) is 10.0. The molecule has 3 rings (SSSR count). The Morgan fingerprint density at radius 1 is 1.25 bits per heavy atom. The number of carbonyl (C=O) groups is 2. The molecule has 3 heterocycles. The quantitative estimate of drug-likeness (QED) is 0.701. The first-order chi connectivity index (χ1) is 13.6. The van der Waals surface area contributed by atoms with E-state index in [1.54, 1.807) is 18.0 Å². The van der Waals surface area contributed by atoms with Crippen LogP contribution < -0.4 is 5.32 Å². The molecule has 0 bridgehead atoms. The van der Waals surface area contributed by atoms with Crippen LogP contribution in [0.25, 0.3) is 0 Å². The molecule has 1 atom stereocenters. The van der Waals surface area contributed by atoms with Crippen LogP contribution in [0.1, 0.15) is 43.0 Å². The SMILES string of the molecule is CCn1cc(C(=O)N2CCC(N3CCC[C@H](C(=O)NCCOC)C3)CC2)cn1. The van der Waals surface area contributed by atoms with Crippen LogP contribution in [0, 0.1) is 5.92 Å². The van der Waals surface area contributed by atoms with Crippen LogP contribution in [0.15, 0.2) is 12.4 Å². The summed E-state index contributed by atoms with van der Waals surface area (Å²) in [5.41, 5.74) is 0.672. The number of ether oxygens (including phenoxy) is 1. The number of rotatable bonds is 7. The maximum Gasteiger partial charge on any atom is 0.257 e. The minimum Gasteiger partial charge on any atom is -0.383 e. The Balaban J connectivity index is 1.47. The summed E-state index contributed by atoms with van der Waals surface area (Å²) >= 11 is 0. The van der Waals surface area contributed by atoms with E-state index < -0.39 is 0 Å². The highest BCUT2D eigenvalue weighted by atomic mass is 16.5. The molecule has 8 heteroatoms. The molecule has 0 aromatic carbocycles. The van der Waals surface area contributed by atoms with Gasteiger partial charge in [-0.2, -0.15) is 5.10 Å². The van der Waals surface area contributed by atoms with Crippen LogP contribution >= 0.6 is 0 Å². The van der Waals surface area contributed by atoms with Crippen molar-refractivity contribution in [2.75, 3.05) is 46.4 Å². The van der Waals surface area contributed by atoms with E-state index in [9.17, 15) is 9.59 Å². The first-order valence-electron chi connectivity index (χ1n) is 10.4. The number of piperidine rings is 2. The summed E-state index contributed by atoms with van der Waals surface area (Å²) in [5.74, 6) is 0.277. The topological polar surface area (TPSA) is 79.7 Å². The van der Waals surface area contributed by atoms with Gasteiger partial charge in [0.05, 0.1) is 24.3 Å². The van der Waals surface area contributed by atoms with Crippen molar-refractivity contribution >= 4 is 11.8 Å². The number of methoxy groups -OCH3 is 1. The highest BCUT2D eigenvalue weighted by molar-refractivity contribution is 5.93. The van der Waals surface area contributed by atoms with Gasteiger partial charge in [0.1, 0.15) is 0 Å². The van der Waals surface area contributed by atoms with Gasteiger partial charge >= 0.3 is 0 Å². The molecule has 0 spiro atoms. The molecule has 1 aromatic rings. The van der Waals surface area contributed by atoms with Crippen LogP contribution in [0.4, 0.5) is 0 Å². The molecule has 2 aliphatic rings. The molecule has 0 radical (unpaired) electrons. The minimum atomic E-state index is 0.0603. The molecule has 156 valence electrons. The summed E-state index contributed by atoms with van der Waals surface area (Å²) in [4.78, 5) is 29.4. The van der Waals surface area contributed by atoms with Gasteiger partial charge in [-0.3, -0.25) is 19.2 Å². The number of aryl methyl sites for hydroxylation is 1. The Hall–Kier alpha value is -1.93. The lowest BCUT2D eigenvalue weighted by Crippen LogP contribution is -2.51. The van der Waals surface area contributed by atoms with Crippen molar-refractivity contribution in [3.05, 3.63) is 18.0 Å². The first kappa shape index (κ1) is 20.8. The molecule has 28 heavy (non-hydrogen) atoms. The molecular weight excluding hydrogens is 358 g/mol. The van der Waals surface area contributed by atoms with E-state index in [2.05, 4.69) is 15.3 Å². The number of aromatic nitrogens is 2. The minimum absolute atomic E-state index is 0.0603. The number of carbonyl (C=O) groups excluding carboxylic acids is 2. The average Bonchev–Trinajstić information content (AvgIpc) is 3.23. The van der Waals surface area contributed by atoms with Crippen LogP contribution in [0.3, 0.4) is 0 Å². The highest BCUT2D eigenvalue weighted by Crippen LogP contribution is 2.24. The van der Waals surface area contributed by atoms with E-state index in [-0.39, 0.29) is 17.7 Å². The molecule has 1 N–H and O–H groups in total. The van der Waals surface area contributed by atoms with Gasteiger partial charge in [0.25, 0.3) is 5.91 Å². The molecule has 1 aromatic heterocycles. The summed E-state index contributed by atoms with van der Waals surface area (Å²) in [6.07, 6.45) is 7.42. The van der Waals surface area contributed by atoms with E-state index in [0.29, 0.717) is 24.8 Å². The molecule has 8 nitrogen and oxygen atoms in total. The lowest BCUT2D eigenvalue weighted by molar-refractivity contribution is -0.127. The van der Waals surface area contributed by atoms with Crippen LogP contribution in [0.5, 0.6) is 0 Å². The van der Waals surface area contributed by atoms with Gasteiger partial charge in [0.15, 0.2) is 0 Å². The zero-order chi connectivity index (χ0) is 19.9. The van der Waals surface area contributed by atoms with Crippen molar-refractivity contribution in [1.29, 1.82) is 0 Å². The zero-order valence-electron chi connectivity index (χ0n) is 17.1. The van der Waals surface area contributed by atoms with Crippen molar-refractivity contribution in [3.63, 3.8) is 0 Å². The second-order valence-electron chi connectivity index (χ2n) is 7.73. The third-order valence-corrected chi connectivity index (χ3v) is 5.90. The Bertz CT molecular complexity index is 654. The fourth-order valence-electron chi connectivity index (χ4n) is 4.24. The summed E-state index contributed by atoms with van der Waals surface area (Å²) in [6, 6.07) is 0.456. The van der Waals surface area contributed by atoms with Gasteiger partial charge in [-0.05, 0) is 39.2 Å². The molecule has 0 saturated carbocycles. The van der Waals surface area contributed by atoms with Gasteiger partial charge in [0, 0.05) is 52.1 Å². The van der Waals surface area contributed by atoms with Gasteiger partial charge in [-0.25, -0.2) is 0 Å². The van der Waals surface area contributed by atoms with Crippen molar-refractivity contribution in [2.45, 2.75) is 45.2 Å². The third-order valence-electron chi connectivity index (χ3n) is 5.90. The molecule has 2 amide bonds. The normalized spacial score (nSPS) is 21.6. The van der Waals surface area contributed by atoms with E-state index in [4.69, 9.17) is 4.74 Å². The van der Waals surface area contributed by atoms with E-state index in [1.165, 1.54) is 0 Å². The lowest BCUT2D eigenvalue weighted by atomic mass is 9.93. The Labute approximate surface area is 167 Å². The van der Waals surface area contributed by atoms with Gasteiger partial charge < -0.3 is 15.0 Å². The molecule has 0 unspecified atom stereocenters. The predicted octanol–water partition coefficient (Wildman–Crippen LogP) is 0.982. The smallest absolute Gasteiger partial charge is 0.257 e. The molecular formula is C20H33N5O3. The number of nitrogens with zero attached hydrogens (tertiary/aromatic N) is 4. The average molecular weight is 392 g/mol. The standard InChI is InChI=1S/C20H33N5O3/c1-3-25-15-17(13-22-25)20(27)23-10-6-18(7-11-23)24-9-4-5-16(14-24)19(26)21-8-12-28-2/h13,15-16,18H,3-12,14H2,1-2H3,(H,21,26)/t16-/m0/s1. The zero-order valence-corrected chi connectivity index (χ0v) is 17.1. The highest BCUT2D eigenvalue weighted by Gasteiger charge is 2.32. The van der Waals surface area contributed by atoms with E-state index >= 15 is 0 Å². The summed E-state index contributed by atoms with van der Waals surface area (Å²) < 4.78 is 6.79. The van der Waals surface area contributed by atoms with Gasteiger partial charge in [-0.15, -0.1) is 0 Å². The van der Waals surface area contributed by atoms with Crippen molar-refractivity contribution < 1.29 is 14.3 Å². The van der Waals surface area contributed by atoms with E-state index in [0.717, 1.165) is 58.4 Å². The van der Waals surface area contributed by atoms with E-state index in [1.807, 2.05) is 18.0 Å². The Morgan fingerprint density at radius 2 is 2.04 bits per heavy atom. The number of hydrogen-bond donors (Lipinski definition) is 1. The molecule has 2 aliphatic heterocycles. The fraction of sp³-hybridized carbons (Fsp3) is 0.750. The van der Waals surface area contributed by atoms with Gasteiger partial charge in [0.2, 0.25) is 5.91 Å². The number of hydrogen-bond acceptors (Lipinski definition) is 5.